The first-order valence-electron chi connectivity index (χ1n) is 12.2. The van der Waals surface area contributed by atoms with Crippen LogP contribution in [0.4, 0.5) is 5.82 Å². The summed E-state index contributed by atoms with van der Waals surface area (Å²) in [6.45, 7) is 3.61. The zero-order valence-electron chi connectivity index (χ0n) is 19.3. The lowest BCUT2D eigenvalue weighted by atomic mass is 10.0. The fourth-order valence-electron chi connectivity index (χ4n) is 5.25. The molecule has 5 rings (SSSR count). The highest BCUT2D eigenvalue weighted by molar-refractivity contribution is 5.92. The van der Waals surface area contributed by atoms with Gasteiger partial charge < -0.3 is 15.3 Å². The molecule has 1 aromatic heterocycles. The number of aromatic nitrogens is 2. The van der Waals surface area contributed by atoms with E-state index in [1.54, 1.807) is 12.1 Å². The molecule has 172 valence electrons. The number of amides is 1. The molecule has 6 nitrogen and oxygen atoms in total. The van der Waals surface area contributed by atoms with Crippen LogP contribution in [-0.4, -0.2) is 40.1 Å². The maximum Gasteiger partial charge on any atom is 0.220 e. The number of phenols is 1. The SMILES string of the molecule is Cc1ccc2c(N3CC[C@@H](NC(=O)CCC4CCCC4)C3)nc(-c3ccccc3O)nc2c1. The molecule has 1 aliphatic heterocycles. The summed E-state index contributed by atoms with van der Waals surface area (Å²) < 4.78 is 0. The van der Waals surface area contributed by atoms with E-state index in [-0.39, 0.29) is 17.7 Å². The number of hydrogen-bond acceptors (Lipinski definition) is 5. The lowest BCUT2D eigenvalue weighted by Gasteiger charge is -2.21. The van der Waals surface area contributed by atoms with Gasteiger partial charge in [-0.05, 0) is 55.5 Å². The molecule has 1 aliphatic carbocycles. The van der Waals surface area contributed by atoms with Gasteiger partial charge in [0.1, 0.15) is 11.6 Å². The van der Waals surface area contributed by atoms with E-state index in [1.807, 2.05) is 19.1 Å². The van der Waals surface area contributed by atoms with Gasteiger partial charge in [-0.15, -0.1) is 0 Å². The Morgan fingerprint density at radius 3 is 2.76 bits per heavy atom. The van der Waals surface area contributed by atoms with Crippen molar-refractivity contribution in [2.75, 3.05) is 18.0 Å². The van der Waals surface area contributed by atoms with Crippen LogP contribution in [0.3, 0.4) is 0 Å². The summed E-state index contributed by atoms with van der Waals surface area (Å²) in [7, 11) is 0. The summed E-state index contributed by atoms with van der Waals surface area (Å²) in [5, 5.41) is 14.6. The molecule has 2 heterocycles. The van der Waals surface area contributed by atoms with Gasteiger partial charge in [0.05, 0.1) is 11.1 Å². The summed E-state index contributed by atoms with van der Waals surface area (Å²) in [6, 6.07) is 13.5. The second kappa shape index (κ2) is 9.38. The Balaban J connectivity index is 1.35. The number of carbonyl (C=O) groups excluding carboxylic acids is 1. The molecule has 2 aliphatic rings. The van der Waals surface area contributed by atoms with Crippen molar-refractivity contribution in [3.8, 4) is 17.1 Å². The maximum atomic E-state index is 12.5. The summed E-state index contributed by atoms with van der Waals surface area (Å²) in [5.41, 5.74) is 2.62. The first-order valence-corrected chi connectivity index (χ1v) is 12.2. The Kier molecular flexibility index (Phi) is 6.16. The van der Waals surface area contributed by atoms with Gasteiger partial charge in [-0.2, -0.15) is 0 Å². The largest absolute Gasteiger partial charge is 0.507 e. The van der Waals surface area contributed by atoms with E-state index in [0.717, 1.165) is 54.1 Å². The third-order valence-electron chi connectivity index (χ3n) is 7.08. The summed E-state index contributed by atoms with van der Waals surface area (Å²) in [5.74, 6) is 2.46. The van der Waals surface area contributed by atoms with Gasteiger partial charge in [0.15, 0.2) is 5.82 Å². The summed E-state index contributed by atoms with van der Waals surface area (Å²) >= 11 is 0. The number of rotatable bonds is 6. The van der Waals surface area contributed by atoms with Gasteiger partial charge >= 0.3 is 0 Å². The monoisotopic (exact) mass is 444 g/mol. The van der Waals surface area contributed by atoms with Gasteiger partial charge in [0, 0.05) is 30.9 Å². The van der Waals surface area contributed by atoms with E-state index in [9.17, 15) is 9.90 Å². The molecule has 0 radical (unpaired) electrons. The standard InChI is InChI=1S/C27H32N4O2/c1-18-10-12-21-23(16-18)29-26(22-8-4-5-9-24(22)32)30-27(21)31-15-14-20(17-31)28-25(33)13-11-19-6-2-3-7-19/h4-5,8-10,12,16,19-20,32H,2-3,6-7,11,13-15,17H2,1H3,(H,28,33)/t20-/m1/s1. The van der Waals surface area contributed by atoms with Crippen LogP contribution in [0.15, 0.2) is 42.5 Å². The van der Waals surface area contributed by atoms with Gasteiger partial charge in [-0.3, -0.25) is 4.79 Å². The van der Waals surface area contributed by atoms with Gasteiger partial charge in [0.2, 0.25) is 5.91 Å². The first kappa shape index (κ1) is 21.7. The molecular weight excluding hydrogens is 412 g/mol. The highest BCUT2D eigenvalue weighted by atomic mass is 16.3. The highest BCUT2D eigenvalue weighted by Crippen LogP contribution is 2.33. The van der Waals surface area contributed by atoms with Crippen molar-refractivity contribution in [2.45, 2.75) is 57.9 Å². The van der Waals surface area contributed by atoms with Crippen LogP contribution in [0.2, 0.25) is 0 Å². The predicted molar refractivity (Wildman–Crippen MR) is 131 cm³/mol. The third-order valence-corrected chi connectivity index (χ3v) is 7.08. The Morgan fingerprint density at radius 2 is 1.94 bits per heavy atom. The predicted octanol–water partition coefficient (Wildman–Crippen LogP) is 4.98. The van der Waals surface area contributed by atoms with Crippen LogP contribution in [0, 0.1) is 12.8 Å². The normalized spacial score (nSPS) is 18.8. The second-order valence-corrected chi connectivity index (χ2v) is 9.60. The Morgan fingerprint density at radius 1 is 1.12 bits per heavy atom. The molecule has 0 unspecified atom stereocenters. The number of phenolic OH excluding ortho intramolecular Hbond substituents is 1. The molecule has 33 heavy (non-hydrogen) atoms. The fourth-order valence-corrected chi connectivity index (χ4v) is 5.25. The van der Waals surface area contributed by atoms with Crippen molar-refractivity contribution in [1.82, 2.24) is 15.3 Å². The molecule has 3 aromatic rings. The number of aromatic hydroxyl groups is 1. The average molecular weight is 445 g/mol. The topological polar surface area (TPSA) is 78.4 Å². The smallest absolute Gasteiger partial charge is 0.220 e. The van der Waals surface area contributed by atoms with E-state index >= 15 is 0 Å². The van der Waals surface area contributed by atoms with E-state index in [0.29, 0.717) is 17.8 Å². The number of para-hydroxylation sites is 1. The van der Waals surface area contributed by atoms with Gasteiger partial charge in [0.25, 0.3) is 0 Å². The zero-order chi connectivity index (χ0) is 22.8. The van der Waals surface area contributed by atoms with Crippen LogP contribution in [0.1, 0.15) is 50.5 Å². The molecule has 1 saturated carbocycles. The lowest BCUT2D eigenvalue weighted by molar-refractivity contribution is -0.121. The van der Waals surface area contributed by atoms with Crippen molar-refractivity contribution in [1.29, 1.82) is 0 Å². The number of anilines is 1. The van der Waals surface area contributed by atoms with E-state index in [1.165, 1.54) is 25.7 Å². The number of aryl methyl sites for hydroxylation is 1. The third kappa shape index (κ3) is 4.80. The van der Waals surface area contributed by atoms with Crippen LogP contribution in [-0.2, 0) is 4.79 Å². The van der Waals surface area contributed by atoms with Crippen molar-refractivity contribution in [2.24, 2.45) is 5.92 Å². The van der Waals surface area contributed by atoms with Crippen molar-refractivity contribution in [3.63, 3.8) is 0 Å². The minimum atomic E-state index is 0.130. The molecule has 1 saturated heterocycles. The van der Waals surface area contributed by atoms with E-state index in [2.05, 4.69) is 28.4 Å². The zero-order valence-corrected chi connectivity index (χ0v) is 19.3. The molecule has 1 atom stereocenters. The van der Waals surface area contributed by atoms with Gasteiger partial charge in [-0.25, -0.2) is 9.97 Å². The average Bonchev–Trinajstić information content (AvgIpc) is 3.49. The molecule has 2 N–H and O–H groups in total. The van der Waals surface area contributed by atoms with Crippen LogP contribution >= 0.6 is 0 Å². The Bertz CT molecular complexity index is 1160. The van der Waals surface area contributed by atoms with E-state index < -0.39 is 0 Å². The molecular formula is C27H32N4O2. The van der Waals surface area contributed by atoms with Crippen molar-refractivity contribution < 1.29 is 9.90 Å². The van der Waals surface area contributed by atoms with Crippen molar-refractivity contribution in [3.05, 3.63) is 48.0 Å². The van der Waals surface area contributed by atoms with Gasteiger partial charge in [-0.1, -0.05) is 43.9 Å². The molecule has 2 aromatic carbocycles. The maximum absolute atomic E-state index is 12.5. The number of hydrogen-bond donors (Lipinski definition) is 2. The molecule has 1 amide bonds. The molecule has 0 spiro atoms. The molecule has 0 bridgehead atoms. The van der Waals surface area contributed by atoms with Crippen LogP contribution in [0.5, 0.6) is 5.75 Å². The van der Waals surface area contributed by atoms with E-state index in [4.69, 9.17) is 9.97 Å². The Hall–Kier alpha value is -3.15. The lowest BCUT2D eigenvalue weighted by Crippen LogP contribution is -2.37. The fraction of sp³-hybridized carbons (Fsp3) is 0.444. The van der Waals surface area contributed by atoms with Crippen molar-refractivity contribution >= 4 is 22.6 Å². The quantitative estimate of drug-likeness (QED) is 0.561. The number of nitrogens with zero attached hydrogens (tertiary/aromatic N) is 3. The minimum Gasteiger partial charge on any atom is -0.507 e. The summed E-state index contributed by atoms with van der Waals surface area (Å²) in [6.07, 6.45) is 7.75. The number of nitrogens with one attached hydrogen (secondary N) is 1. The first-order chi connectivity index (χ1) is 16.1. The minimum absolute atomic E-state index is 0.130. The van der Waals surface area contributed by atoms with Crippen LogP contribution in [0.25, 0.3) is 22.3 Å². The number of fused-ring (bicyclic) bond motifs is 1. The summed E-state index contributed by atoms with van der Waals surface area (Å²) in [4.78, 5) is 24.4. The molecule has 2 fully saturated rings. The van der Waals surface area contributed by atoms with Crippen LogP contribution < -0.4 is 10.2 Å². The number of carbonyl (C=O) groups is 1. The number of benzene rings is 2. The Labute approximate surface area is 195 Å². The second-order valence-electron chi connectivity index (χ2n) is 9.60. The highest BCUT2D eigenvalue weighted by Gasteiger charge is 2.27. The molecule has 6 heteroatoms.